The minimum Gasteiger partial charge on any atom is -0.370 e. The van der Waals surface area contributed by atoms with Gasteiger partial charge in [0.1, 0.15) is 0 Å². The number of hydrogen-bond donors (Lipinski definition) is 2. The molecule has 0 spiro atoms. The van der Waals surface area contributed by atoms with Crippen molar-refractivity contribution in [3.8, 4) is 0 Å². The lowest BCUT2D eigenvalue weighted by Crippen LogP contribution is -2.24. The molecule has 0 saturated carbocycles. The normalized spacial score (nSPS) is 11.3. The molecule has 0 heterocycles. The van der Waals surface area contributed by atoms with E-state index in [0.29, 0.717) is 0 Å². The van der Waals surface area contributed by atoms with E-state index in [1.54, 1.807) is 0 Å². The minimum atomic E-state index is 0.206. The van der Waals surface area contributed by atoms with Gasteiger partial charge in [0, 0.05) is 6.54 Å². The second-order valence-electron chi connectivity index (χ2n) is 10.0. The van der Waals surface area contributed by atoms with E-state index in [-0.39, 0.29) is 5.96 Å². The van der Waals surface area contributed by atoms with Crippen LogP contribution < -0.4 is 11.5 Å². The van der Waals surface area contributed by atoms with Crippen LogP contribution in [-0.2, 0) is 0 Å². The van der Waals surface area contributed by atoms with E-state index < -0.39 is 0 Å². The van der Waals surface area contributed by atoms with E-state index >= 15 is 0 Å². The first-order chi connectivity index (χ1) is 15.7. The highest BCUT2D eigenvalue weighted by Gasteiger charge is 1.99. The van der Waals surface area contributed by atoms with Crippen molar-refractivity contribution in [2.45, 2.75) is 148 Å². The highest BCUT2D eigenvalue weighted by atomic mass is 15.1. The van der Waals surface area contributed by atoms with Crippen molar-refractivity contribution >= 4 is 5.96 Å². The molecule has 0 unspecified atom stereocenters. The smallest absolute Gasteiger partial charge is 0.185 e. The van der Waals surface area contributed by atoms with Gasteiger partial charge in [0.15, 0.2) is 5.96 Å². The molecule has 0 radical (unpaired) electrons. The number of hydrogen-bond acceptors (Lipinski definition) is 2. The fourth-order valence-electron chi connectivity index (χ4n) is 4.47. The molecule has 0 rings (SSSR count). The largest absolute Gasteiger partial charge is 0.370 e. The van der Waals surface area contributed by atoms with E-state index in [1.807, 2.05) is 0 Å². The lowest BCUT2D eigenvalue weighted by Gasteiger charge is -2.15. The SMILES string of the molecule is CCCCCCCCCCCCCCCCCCCCCCCN(C)CCCN=C(N)N. The van der Waals surface area contributed by atoms with Crippen LogP contribution in [-0.4, -0.2) is 37.5 Å². The van der Waals surface area contributed by atoms with Crippen LogP contribution >= 0.6 is 0 Å². The molecule has 0 aromatic carbocycles. The molecule has 0 aliphatic rings. The van der Waals surface area contributed by atoms with Crippen molar-refractivity contribution in [3.05, 3.63) is 0 Å². The summed E-state index contributed by atoms with van der Waals surface area (Å²) in [5.41, 5.74) is 10.7. The summed E-state index contributed by atoms with van der Waals surface area (Å²) in [7, 11) is 2.20. The number of rotatable bonds is 26. The maximum Gasteiger partial charge on any atom is 0.185 e. The molecule has 0 saturated heterocycles. The molecule has 32 heavy (non-hydrogen) atoms. The van der Waals surface area contributed by atoms with Gasteiger partial charge in [-0.15, -0.1) is 0 Å². The molecule has 0 atom stereocenters. The average molecular weight is 453 g/mol. The van der Waals surface area contributed by atoms with Crippen LogP contribution in [0.2, 0.25) is 0 Å². The predicted molar refractivity (Wildman–Crippen MR) is 145 cm³/mol. The summed E-state index contributed by atoms with van der Waals surface area (Å²) in [4.78, 5) is 6.43. The maximum absolute atomic E-state index is 5.34. The molecular weight excluding hydrogens is 392 g/mol. The van der Waals surface area contributed by atoms with Crippen LogP contribution in [0.4, 0.5) is 0 Å². The van der Waals surface area contributed by atoms with Gasteiger partial charge in [0.2, 0.25) is 0 Å². The Hall–Kier alpha value is -0.770. The third kappa shape index (κ3) is 27.3. The molecule has 0 aliphatic carbocycles. The van der Waals surface area contributed by atoms with E-state index in [1.165, 1.54) is 141 Å². The first-order valence-corrected chi connectivity index (χ1v) is 14.4. The third-order valence-corrected chi connectivity index (χ3v) is 6.64. The van der Waals surface area contributed by atoms with Crippen LogP contribution in [0.1, 0.15) is 148 Å². The number of nitrogens with zero attached hydrogens (tertiary/aromatic N) is 2. The lowest BCUT2D eigenvalue weighted by molar-refractivity contribution is 0.321. The first kappa shape index (κ1) is 31.2. The fourth-order valence-corrected chi connectivity index (χ4v) is 4.47. The van der Waals surface area contributed by atoms with Crippen LogP contribution in [0, 0.1) is 0 Å². The number of guanidine groups is 1. The standard InChI is InChI=1S/C28H60N4/c1-3-4-5-6-7-8-9-10-11-12-13-14-15-16-17-18-19-20-21-22-23-26-32(2)27-24-25-31-28(29)30/h3-27H2,1-2H3,(H4,29,30,31). The maximum atomic E-state index is 5.34. The van der Waals surface area contributed by atoms with E-state index in [0.717, 1.165) is 19.5 Å². The van der Waals surface area contributed by atoms with Crippen molar-refractivity contribution in [1.82, 2.24) is 4.90 Å². The molecule has 4 nitrogen and oxygen atoms in total. The molecule has 192 valence electrons. The van der Waals surface area contributed by atoms with Crippen molar-refractivity contribution in [2.75, 3.05) is 26.7 Å². The Balaban J connectivity index is 3.11. The second kappa shape index (κ2) is 26.5. The fraction of sp³-hybridized carbons (Fsp3) is 0.964. The molecule has 4 heteroatoms. The van der Waals surface area contributed by atoms with Gasteiger partial charge in [-0.05, 0) is 33.0 Å². The summed E-state index contributed by atoms with van der Waals surface area (Å²) in [6.07, 6.45) is 31.3. The van der Waals surface area contributed by atoms with Gasteiger partial charge in [0.25, 0.3) is 0 Å². The highest BCUT2D eigenvalue weighted by Crippen LogP contribution is 2.15. The summed E-state index contributed by atoms with van der Waals surface area (Å²) >= 11 is 0. The zero-order valence-corrected chi connectivity index (χ0v) is 22.2. The Morgan fingerprint density at radius 1 is 0.500 bits per heavy atom. The Morgan fingerprint density at radius 2 is 0.812 bits per heavy atom. The number of unbranched alkanes of at least 4 members (excludes halogenated alkanes) is 20. The van der Waals surface area contributed by atoms with Crippen molar-refractivity contribution in [1.29, 1.82) is 0 Å². The van der Waals surface area contributed by atoms with Gasteiger partial charge in [-0.2, -0.15) is 0 Å². The molecule has 0 aromatic heterocycles. The van der Waals surface area contributed by atoms with E-state index in [4.69, 9.17) is 11.5 Å². The second-order valence-corrected chi connectivity index (χ2v) is 10.0. The van der Waals surface area contributed by atoms with Crippen LogP contribution in [0.25, 0.3) is 0 Å². The van der Waals surface area contributed by atoms with Crippen molar-refractivity contribution < 1.29 is 0 Å². The van der Waals surface area contributed by atoms with Crippen LogP contribution in [0.15, 0.2) is 4.99 Å². The Morgan fingerprint density at radius 3 is 1.16 bits per heavy atom. The van der Waals surface area contributed by atoms with E-state index in [9.17, 15) is 0 Å². The summed E-state index contributed by atoms with van der Waals surface area (Å²) in [6.45, 7) is 5.31. The van der Waals surface area contributed by atoms with Crippen LogP contribution in [0.5, 0.6) is 0 Å². The molecule has 0 amide bonds. The zero-order valence-electron chi connectivity index (χ0n) is 22.2. The summed E-state index contributed by atoms with van der Waals surface area (Å²) in [5.74, 6) is 0.206. The Kier molecular flexibility index (Phi) is 25.8. The summed E-state index contributed by atoms with van der Waals surface area (Å²) in [5, 5.41) is 0. The molecule has 0 aliphatic heterocycles. The molecule has 0 bridgehead atoms. The van der Waals surface area contributed by atoms with Gasteiger partial charge >= 0.3 is 0 Å². The quantitative estimate of drug-likeness (QED) is 0.0799. The van der Waals surface area contributed by atoms with Crippen molar-refractivity contribution in [2.24, 2.45) is 16.5 Å². The highest BCUT2D eigenvalue weighted by molar-refractivity contribution is 5.75. The average Bonchev–Trinajstić information content (AvgIpc) is 2.77. The molecule has 4 N–H and O–H groups in total. The summed E-state index contributed by atoms with van der Waals surface area (Å²) in [6, 6.07) is 0. The third-order valence-electron chi connectivity index (χ3n) is 6.64. The van der Waals surface area contributed by atoms with Gasteiger partial charge in [-0.3, -0.25) is 4.99 Å². The van der Waals surface area contributed by atoms with Gasteiger partial charge in [-0.1, -0.05) is 135 Å². The van der Waals surface area contributed by atoms with Gasteiger partial charge < -0.3 is 16.4 Å². The zero-order chi connectivity index (χ0) is 23.5. The Labute approximate surface area is 202 Å². The molecule has 0 fully saturated rings. The van der Waals surface area contributed by atoms with E-state index in [2.05, 4.69) is 23.9 Å². The monoisotopic (exact) mass is 452 g/mol. The number of nitrogens with two attached hydrogens (primary N) is 2. The minimum absolute atomic E-state index is 0.206. The number of aliphatic imine (C=N–C) groups is 1. The van der Waals surface area contributed by atoms with Gasteiger partial charge in [0.05, 0.1) is 0 Å². The Bertz CT molecular complexity index is 380. The topological polar surface area (TPSA) is 67.6 Å². The van der Waals surface area contributed by atoms with Gasteiger partial charge in [-0.25, -0.2) is 0 Å². The first-order valence-electron chi connectivity index (χ1n) is 14.4. The molecular formula is C28H60N4. The molecule has 0 aromatic rings. The summed E-state index contributed by atoms with van der Waals surface area (Å²) < 4.78 is 0. The predicted octanol–water partition coefficient (Wildman–Crippen LogP) is 7.79. The van der Waals surface area contributed by atoms with Crippen LogP contribution in [0.3, 0.4) is 0 Å². The van der Waals surface area contributed by atoms with Crippen molar-refractivity contribution in [3.63, 3.8) is 0 Å². The lowest BCUT2D eigenvalue weighted by atomic mass is 10.0.